The van der Waals surface area contributed by atoms with Crippen LogP contribution in [0, 0.1) is 0 Å². The predicted molar refractivity (Wildman–Crippen MR) is 137 cm³/mol. The molecule has 0 saturated heterocycles. The van der Waals surface area contributed by atoms with Crippen molar-refractivity contribution in [1.29, 1.82) is 0 Å². The number of carbonyl (C=O) groups is 2. The number of hydrogen-bond acceptors (Lipinski definition) is 4. The van der Waals surface area contributed by atoms with Crippen LogP contribution in [0.3, 0.4) is 0 Å². The number of nitrogens with one attached hydrogen (secondary N) is 2. The summed E-state index contributed by atoms with van der Waals surface area (Å²) in [6, 6.07) is 22.5. The van der Waals surface area contributed by atoms with Gasteiger partial charge in [0.15, 0.2) is 0 Å². The van der Waals surface area contributed by atoms with Gasteiger partial charge < -0.3 is 21.1 Å². The van der Waals surface area contributed by atoms with Crippen molar-refractivity contribution in [2.24, 2.45) is 0 Å². The second-order valence-corrected chi connectivity index (χ2v) is 8.11. The van der Waals surface area contributed by atoms with Crippen molar-refractivity contribution in [1.82, 2.24) is 5.32 Å². The molecular formula is C28H27N3O3. The molecule has 6 heteroatoms. The minimum Gasteiger partial charge on any atom is -0.497 e. The Kier molecular flexibility index (Phi) is 7.08. The van der Waals surface area contributed by atoms with Gasteiger partial charge in [-0.2, -0.15) is 0 Å². The van der Waals surface area contributed by atoms with Crippen molar-refractivity contribution in [2.75, 3.05) is 18.2 Å². The fourth-order valence-electron chi connectivity index (χ4n) is 3.39. The van der Waals surface area contributed by atoms with Gasteiger partial charge in [-0.1, -0.05) is 48.5 Å². The maximum atomic E-state index is 12.9. The Morgan fingerprint density at radius 1 is 0.971 bits per heavy atom. The van der Waals surface area contributed by atoms with Gasteiger partial charge in [0.2, 0.25) is 5.91 Å². The zero-order valence-electron chi connectivity index (χ0n) is 19.0. The van der Waals surface area contributed by atoms with E-state index in [2.05, 4.69) is 10.6 Å². The number of methoxy groups -OCH3 is 1. The fraction of sp³-hybridized carbons (Fsp3) is 0.143. The van der Waals surface area contributed by atoms with Gasteiger partial charge in [-0.3, -0.25) is 9.59 Å². The van der Waals surface area contributed by atoms with Crippen molar-refractivity contribution in [3.8, 4) is 5.75 Å². The molecule has 3 aromatic rings. The van der Waals surface area contributed by atoms with Gasteiger partial charge in [-0.15, -0.1) is 0 Å². The monoisotopic (exact) mass is 453 g/mol. The van der Waals surface area contributed by atoms with Gasteiger partial charge in [-0.05, 0) is 65.9 Å². The van der Waals surface area contributed by atoms with Gasteiger partial charge in [0, 0.05) is 17.7 Å². The molecule has 0 atom stereocenters. The molecule has 1 fully saturated rings. The van der Waals surface area contributed by atoms with Crippen molar-refractivity contribution in [2.45, 2.75) is 18.9 Å². The summed E-state index contributed by atoms with van der Waals surface area (Å²) in [5, 5.41) is 5.83. The second kappa shape index (κ2) is 10.5. The third-order valence-electron chi connectivity index (χ3n) is 5.43. The first kappa shape index (κ1) is 22.9. The quantitative estimate of drug-likeness (QED) is 0.261. The van der Waals surface area contributed by atoms with Crippen LogP contribution in [0.5, 0.6) is 5.75 Å². The predicted octanol–water partition coefficient (Wildman–Crippen LogP) is 4.75. The van der Waals surface area contributed by atoms with E-state index in [1.807, 2.05) is 66.7 Å². The van der Waals surface area contributed by atoms with E-state index in [0.29, 0.717) is 22.7 Å². The van der Waals surface area contributed by atoms with E-state index in [-0.39, 0.29) is 17.9 Å². The average molecular weight is 454 g/mol. The summed E-state index contributed by atoms with van der Waals surface area (Å²) in [5.74, 6) is 0.328. The van der Waals surface area contributed by atoms with Gasteiger partial charge in [0.05, 0.1) is 18.5 Å². The number of nitrogen functional groups attached to an aromatic ring is 1. The molecule has 6 nitrogen and oxygen atoms in total. The molecule has 0 heterocycles. The third-order valence-corrected chi connectivity index (χ3v) is 5.43. The first-order chi connectivity index (χ1) is 16.5. The number of anilines is 2. The number of para-hydroxylation sites is 2. The first-order valence-corrected chi connectivity index (χ1v) is 11.1. The van der Waals surface area contributed by atoms with Crippen LogP contribution in [0.25, 0.3) is 17.7 Å². The van der Waals surface area contributed by atoms with E-state index in [4.69, 9.17) is 10.5 Å². The Hall–Kier alpha value is -4.32. The molecule has 0 unspecified atom stereocenters. The lowest BCUT2D eigenvalue weighted by molar-refractivity contribution is -0.115. The minimum atomic E-state index is -0.265. The number of hydrogen-bond donors (Lipinski definition) is 3. The van der Waals surface area contributed by atoms with E-state index < -0.39 is 0 Å². The number of carbonyl (C=O) groups excluding carboxylic acids is 2. The van der Waals surface area contributed by atoms with Crippen LogP contribution in [0.4, 0.5) is 11.4 Å². The van der Waals surface area contributed by atoms with E-state index in [0.717, 1.165) is 29.5 Å². The van der Waals surface area contributed by atoms with Gasteiger partial charge >= 0.3 is 0 Å². The Balaban J connectivity index is 1.50. The molecule has 2 amide bonds. The summed E-state index contributed by atoms with van der Waals surface area (Å²) >= 11 is 0. The Labute approximate surface area is 199 Å². The number of nitrogens with two attached hydrogens (primary N) is 1. The number of amides is 2. The average Bonchev–Trinajstić information content (AvgIpc) is 3.67. The Bertz CT molecular complexity index is 1240. The molecular weight excluding hydrogens is 426 g/mol. The molecule has 1 saturated carbocycles. The zero-order valence-corrected chi connectivity index (χ0v) is 19.0. The molecule has 1 aliphatic carbocycles. The lowest BCUT2D eigenvalue weighted by Crippen LogP contribution is -2.26. The maximum Gasteiger partial charge on any atom is 0.252 e. The molecule has 34 heavy (non-hydrogen) atoms. The lowest BCUT2D eigenvalue weighted by atomic mass is 10.0. The van der Waals surface area contributed by atoms with Crippen molar-refractivity contribution in [3.05, 3.63) is 95.6 Å². The highest BCUT2D eigenvalue weighted by Gasteiger charge is 2.25. The summed E-state index contributed by atoms with van der Waals surface area (Å²) in [4.78, 5) is 25.1. The van der Waals surface area contributed by atoms with Crippen LogP contribution >= 0.6 is 0 Å². The largest absolute Gasteiger partial charge is 0.497 e. The molecule has 0 aromatic heterocycles. The lowest BCUT2D eigenvalue weighted by Gasteiger charge is -2.10. The van der Waals surface area contributed by atoms with E-state index in [1.54, 1.807) is 25.3 Å². The van der Waals surface area contributed by atoms with Gasteiger partial charge in [0.1, 0.15) is 5.75 Å². The summed E-state index contributed by atoms with van der Waals surface area (Å²) < 4.78 is 5.33. The van der Waals surface area contributed by atoms with Crippen molar-refractivity contribution in [3.63, 3.8) is 0 Å². The molecule has 172 valence electrons. The molecule has 0 aliphatic heterocycles. The molecule has 0 bridgehead atoms. The number of benzene rings is 3. The normalized spacial score (nSPS) is 13.5. The SMILES string of the molecule is COc1cccc(/C(=C\c2ccc(/C=C/C(=O)Nc3ccccc3N)cc2)C(=O)NC2CC2)c1. The summed E-state index contributed by atoms with van der Waals surface area (Å²) in [6.07, 6.45) is 7.09. The number of ether oxygens (including phenoxy) is 1. The van der Waals surface area contributed by atoms with Crippen LogP contribution in [-0.4, -0.2) is 25.0 Å². The van der Waals surface area contributed by atoms with Crippen LogP contribution < -0.4 is 21.1 Å². The standard InChI is InChI=1S/C28H27N3O3/c1-34-23-6-4-5-21(18-23)24(28(33)30-22-14-15-22)17-20-11-9-19(10-12-20)13-16-27(32)31-26-8-3-2-7-25(26)29/h2-13,16-18,22H,14-15,29H2,1H3,(H,30,33)(H,31,32)/b16-13+,24-17+. The molecule has 4 N–H and O–H groups in total. The van der Waals surface area contributed by atoms with Crippen LogP contribution in [0.2, 0.25) is 0 Å². The minimum absolute atomic E-state index is 0.100. The topological polar surface area (TPSA) is 93.4 Å². The van der Waals surface area contributed by atoms with Gasteiger partial charge in [0.25, 0.3) is 5.91 Å². The Morgan fingerprint density at radius 3 is 2.41 bits per heavy atom. The van der Waals surface area contributed by atoms with Crippen molar-refractivity contribution < 1.29 is 14.3 Å². The maximum absolute atomic E-state index is 12.9. The highest BCUT2D eigenvalue weighted by Crippen LogP contribution is 2.26. The summed E-state index contributed by atoms with van der Waals surface area (Å²) in [6.45, 7) is 0. The number of rotatable bonds is 8. The first-order valence-electron chi connectivity index (χ1n) is 11.1. The van der Waals surface area contributed by atoms with Gasteiger partial charge in [-0.25, -0.2) is 0 Å². The highest BCUT2D eigenvalue weighted by molar-refractivity contribution is 6.24. The molecule has 3 aromatic carbocycles. The smallest absolute Gasteiger partial charge is 0.252 e. The fourth-order valence-corrected chi connectivity index (χ4v) is 3.39. The highest BCUT2D eigenvalue weighted by atomic mass is 16.5. The van der Waals surface area contributed by atoms with Crippen LogP contribution in [0.1, 0.15) is 29.5 Å². The van der Waals surface area contributed by atoms with E-state index in [1.165, 1.54) is 6.08 Å². The van der Waals surface area contributed by atoms with Crippen LogP contribution in [0.15, 0.2) is 78.9 Å². The molecule has 0 spiro atoms. The van der Waals surface area contributed by atoms with Crippen LogP contribution in [-0.2, 0) is 9.59 Å². The van der Waals surface area contributed by atoms with Crippen molar-refractivity contribution >= 4 is 40.9 Å². The Morgan fingerprint density at radius 2 is 1.71 bits per heavy atom. The summed E-state index contributed by atoms with van der Waals surface area (Å²) in [5.41, 5.74) is 10.1. The summed E-state index contributed by atoms with van der Waals surface area (Å²) in [7, 11) is 1.61. The second-order valence-electron chi connectivity index (χ2n) is 8.11. The zero-order chi connectivity index (χ0) is 23.9. The molecule has 0 radical (unpaired) electrons. The third kappa shape index (κ3) is 6.13. The molecule has 1 aliphatic rings. The van der Waals surface area contributed by atoms with E-state index >= 15 is 0 Å². The molecule has 4 rings (SSSR count). The van der Waals surface area contributed by atoms with E-state index in [9.17, 15) is 9.59 Å².